The molecule has 0 spiro atoms. The van der Waals surface area contributed by atoms with Crippen molar-refractivity contribution in [3.63, 3.8) is 0 Å². The maximum Gasteiger partial charge on any atom is 0.308 e. The Balaban J connectivity index is 4.21. The van der Waals surface area contributed by atoms with Gasteiger partial charge in [0.05, 0.1) is 24.5 Å². The predicted molar refractivity (Wildman–Crippen MR) is 80.6 cm³/mol. The minimum Gasteiger partial charge on any atom is -0.465 e. The standard InChI is InChI=1S/C16H30O5/c1-6-14(16(19)20-8-7-11(2)3)9-12(4)15(18)21-10-13(5)17/h11-14,17H,6-10H2,1-5H3. The average molecular weight is 302 g/mol. The Kier molecular flexibility index (Phi) is 10.0. The zero-order chi connectivity index (χ0) is 16.4. The number of aliphatic hydroxyl groups excluding tert-OH is 1. The van der Waals surface area contributed by atoms with Gasteiger partial charge in [-0.2, -0.15) is 0 Å². The Hall–Kier alpha value is -1.10. The van der Waals surface area contributed by atoms with Gasteiger partial charge in [0.25, 0.3) is 0 Å². The maximum atomic E-state index is 12.0. The molecule has 5 nitrogen and oxygen atoms in total. The minimum absolute atomic E-state index is 0.0151. The van der Waals surface area contributed by atoms with Crippen LogP contribution in [0.2, 0.25) is 0 Å². The highest BCUT2D eigenvalue weighted by molar-refractivity contribution is 5.75. The smallest absolute Gasteiger partial charge is 0.308 e. The first-order valence-corrected chi connectivity index (χ1v) is 7.79. The van der Waals surface area contributed by atoms with E-state index in [1.54, 1.807) is 13.8 Å². The second-order valence-corrected chi connectivity index (χ2v) is 6.07. The highest BCUT2D eigenvalue weighted by Gasteiger charge is 2.25. The lowest BCUT2D eigenvalue weighted by Crippen LogP contribution is -2.26. The van der Waals surface area contributed by atoms with Gasteiger partial charge in [0.2, 0.25) is 0 Å². The zero-order valence-corrected chi connectivity index (χ0v) is 13.9. The summed E-state index contributed by atoms with van der Waals surface area (Å²) in [4.78, 5) is 23.7. The Labute approximate surface area is 128 Å². The molecule has 0 aliphatic rings. The van der Waals surface area contributed by atoms with Gasteiger partial charge in [-0.3, -0.25) is 9.59 Å². The Morgan fingerprint density at radius 3 is 2.14 bits per heavy atom. The molecule has 0 radical (unpaired) electrons. The van der Waals surface area contributed by atoms with E-state index < -0.39 is 6.10 Å². The van der Waals surface area contributed by atoms with Gasteiger partial charge >= 0.3 is 11.9 Å². The van der Waals surface area contributed by atoms with E-state index in [2.05, 4.69) is 13.8 Å². The molecule has 5 heteroatoms. The monoisotopic (exact) mass is 302 g/mol. The van der Waals surface area contributed by atoms with Gasteiger partial charge in [-0.25, -0.2) is 0 Å². The first-order valence-electron chi connectivity index (χ1n) is 7.79. The van der Waals surface area contributed by atoms with E-state index >= 15 is 0 Å². The normalized spacial score (nSPS) is 15.4. The van der Waals surface area contributed by atoms with E-state index in [4.69, 9.17) is 14.6 Å². The maximum absolute atomic E-state index is 12.0. The third-order valence-electron chi connectivity index (χ3n) is 3.27. The topological polar surface area (TPSA) is 72.8 Å². The quantitative estimate of drug-likeness (QED) is 0.628. The number of hydrogen-bond acceptors (Lipinski definition) is 5. The fourth-order valence-corrected chi connectivity index (χ4v) is 1.81. The van der Waals surface area contributed by atoms with Gasteiger partial charge in [-0.15, -0.1) is 0 Å². The molecule has 0 aromatic carbocycles. The fourth-order valence-electron chi connectivity index (χ4n) is 1.81. The van der Waals surface area contributed by atoms with Crippen molar-refractivity contribution < 1.29 is 24.2 Å². The van der Waals surface area contributed by atoms with Crippen molar-refractivity contribution in [1.82, 2.24) is 0 Å². The summed E-state index contributed by atoms with van der Waals surface area (Å²) in [6.07, 6.45) is 1.21. The number of esters is 2. The second kappa shape index (κ2) is 10.6. The predicted octanol–water partition coefficient (Wildman–Crippen LogP) is 2.55. The summed E-state index contributed by atoms with van der Waals surface area (Å²) in [6.45, 7) is 9.75. The van der Waals surface area contributed by atoms with Crippen molar-refractivity contribution >= 4 is 11.9 Å². The lowest BCUT2D eigenvalue weighted by molar-refractivity contribution is -0.154. The van der Waals surface area contributed by atoms with Gasteiger partial charge < -0.3 is 14.6 Å². The highest BCUT2D eigenvalue weighted by atomic mass is 16.5. The molecule has 3 unspecified atom stereocenters. The SMILES string of the molecule is CCC(CC(C)C(=O)OCC(C)O)C(=O)OCCC(C)C. The molecule has 0 saturated carbocycles. The molecule has 124 valence electrons. The van der Waals surface area contributed by atoms with Crippen LogP contribution >= 0.6 is 0 Å². The van der Waals surface area contributed by atoms with E-state index in [1.165, 1.54) is 0 Å². The molecule has 0 fully saturated rings. The van der Waals surface area contributed by atoms with E-state index in [9.17, 15) is 9.59 Å². The number of aliphatic hydroxyl groups is 1. The number of carbonyl (C=O) groups is 2. The van der Waals surface area contributed by atoms with Crippen LogP contribution in [-0.2, 0) is 19.1 Å². The summed E-state index contributed by atoms with van der Waals surface area (Å²) in [5.74, 6) is -0.803. The number of rotatable bonds is 10. The Morgan fingerprint density at radius 1 is 1.05 bits per heavy atom. The molecule has 0 aromatic heterocycles. The average Bonchev–Trinajstić information content (AvgIpc) is 2.40. The first-order chi connectivity index (χ1) is 9.77. The molecule has 0 aromatic rings. The molecule has 1 N–H and O–H groups in total. The molecule has 0 saturated heterocycles. The summed E-state index contributed by atoms with van der Waals surface area (Å²) in [5, 5.41) is 9.09. The number of carbonyl (C=O) groups excluding carboxylic acids is 2. The van der Waals surface area contributed by atoms with E-state index in [0.29, 0.717) is 25.4 Å². The molecule has 0 rings (SSSR count). The van der Waals surface area contributed by atoms with Crippen LogP contribution in [0.15, 0.2) is 0 Å². The molecule has 3 atom stereocenters. The van der Waals surface area contributed by atoms with Crippen LogP contribution in [0.4, 0.5) is 0 Å². The van der Waals surface area contributed by atoms with Crippen molar-refractivity contribution in [2.45, 2.75) is 60.0 Å². The summed E-state index contributed by atoms with van der Waals surface area (Å²) >= 11 is 0. The second-order valence-electron chi connectivity index (χ2n) is 6.07. The van der Waals surface area contributed by atoms with Crippen molar-refractivity contribution in [1.29, 1.82) is 0 Å². The first kappa shape index (κ1) is 19.9. The minimum atomic E-state index is -0.677. The number of ether oxygens (including phenoxy) is 2. The van der Waals surface area contributed by atoms with E-state index in [0.717, 1.165) is 6.42 Å². The summed E-state index contributed by atoms with van der Waals surface area (Å²) in [6, 6.07) is 0. The van der Waals surface area contributed by atoms with Crippen LogP contribution < -0.4 is 0 Å². The Morgan fingerprint density at radius 2 is 1.67 bits per heavy atom. The third-order valence-corrected chi connectivity index (χ3v) is 3.27. The molecule has 0 heterocycles. The Bertz CT molecular complexity index is 312. The lowest BCUT2D eigenvalue weighted by atomic mass is 9.94. The molecule has 21 heavy (non-hydrogen) atoms. The van der Waals surface area contributed by atoms with Crippen LogP contribution in [0.3, 0.4) is 0 Å². The van der Waals surface area contributed by atoms with Gasteiger partial charge in [0, 0.05) is 0 Å². The molecule has 0 amide bonds. The molecular weight excluding hydrogens is 272 g/mol. The van der Waals surface area contributed by atoms with Crippen molar-refractivity contribution in [2.24, 2.45) is 17.8 Å². The fraction of sp³-hybridized carbons (Fsp3) is 0.875. The lowest BCUT2D eigenvalue weighted by Gasteiger charge is -2.18. The van der Waals surface area contributed by atoms with Crippen molar-refractivity contribution in [2.75, 3.05) is 13.2 Å². The summed E-state index contributed by atoms with van der Waals surface area (Å²) < 4.78 is 10.2. The highest BCUT2D eigenvalue weighted by Crippen LogP contribution is 2.19. The van der Waals surface area contributed by atoms with Gasteiger partial charge in [-0.05, 0) is 32.1 Å². The van der Waals surface area contributed by atoms with Crippen LogP contribution in [0.5, 0.6) is 0 Å². The molecule has 0 aliphatic carbocycles. The van der Waals surface area contributed by atoms with Crippen LogP contribution in [0.1, 0.15) is 53.9 Å². The third kappa shape index (κ3) is 9.45. The zero-order valence-electron chi connectivity index (χ0n) is 13.9. The largest absolute Gasteiger partial charge is 0.465 e. The number of hydrogen-bond donors (Lipinski definition) is 1. The van der Waals surface area contributed by atoms with Crippen LogP contribution in [-0.4, -0.2) is 36.4 Å². The van der Waals surface area contributed by atoms with Crippen LogP contribution in [0.25, 0.3) is 0 Å². The van der Waals surface area contributed by atoms with E-state index in [-0.39, 0.29) is 30.4 Å². The van der Waals surface area contributed by atoms with Crippen molar-refractivity contribution in [3.8, 4) is 0 Å². The van der Waals surface area contributed by atoms with Gasteiger partial charge in [0.1, 0.15) is 6.61 Å². The van der Waals surface area contributed by atoms with Gasteiger partial charge in [-0.1, -0.05) is 27.7 Å². The van der Waals surface area contributed by atoms with Gasteiger partial charge in [0.15, 0.2) is 0 Å². The molecular formula is C16H30O5. The molecule has 0 aliphatic heterocycles. The van der Waals surface area contributed by atoms with Crippen molar-refractivity contribution in [3.05, 3.63) is 0 Å². The summed E-state index contributed by atoms with van der Waals surface area (Å²) in [7, 11) is 0. The summed E-state index contributed by atoms with van der Waals surface area (Å²) in [5.41, 5.74) is 0. The molecule has 0 bridgehead atoms. The van der Waals surface area contributed by atoms with E-state index in [1.807, 2.05) is 6.92 Å². The van der Waals surface area contributed by atoms with Crippen LogP contribution in [0, 0.1) is 17.8 Å².